The Labute approximate surface area is 160 Å². The number of hydrogen-bond acceptors (Lipinski definition) is 1. The molecule has 0 bridgehead atoms. The van der Waals surface area contributed by atoms with E-state index in [2.05, 4.69) is 10.6 Å². The zero-order valence-corrected chi connectivity index (χ0v) is 15.4. The Hall–Kier alpha value is -1.79. The van der Waals surface area contributed by atoms with Crippen molar-refractivity contribution >= 4 is 34.6 Å². The van der Waals surface area contributed by atoms with Gasteiger partial charge in [0.05, 0.1) is 11.1 Å². The number of rotatable bonds is 3. The maximum absolute atomic E-state index is 12.7. The van der Waals surface area contributed by atoms with E-state index in [1.54, 1.807) is 0 Å². The number of halogens is 4. The Kier molecular flexibility index (Phi) is 5.44. The van der Waals surface area contributed by atoms with Gasteiger partial charge in [0.15, 0.2) is 5.11 Å². The van der Waals surface area contributed by atoms with Crippen LogP contribution in [-0.2, 0) is 11.7 Å². The van der Waals surface area contributed by atoms with E-state index >= 15 is 0 Å². The van der Waals surface area contributed by atoms with Gasteiger partial charge in [0.25, 0.3) is 0 Å². The van der Waals surface area contributed by atoms with E-state index in [9.17, 15) is 13.2 Å². The van der Waals surface area contributed by atoms with E-state index in [1.807, 2.05) is 24.3 Å². The molecule has 3 rings (SSSR count). The van der Waals surface area contributed by atoms with Crippen molar-refractivity contribution in [1.82, 2.24) is 5.32 Å². The molecule has 0 radical (unpaired) electrons. The quantitative estimate of drug-likeness (QED) is 0.609. The average Bonchev–Trinajstić information content (AvgIpc) is 3.04. The number of benzene rings is 2. The highest BCUT2D eigenvalue weighted by molar-refractivity contribution is 7.80. The van der Waals surface area contributed by atoms with Gasteiger partial charge in [0, 0.05) is 10.7 Å². The highest BCUT2D eigenvalue weighted by atomic mass is 35.5. The molecule has 0 saturated heterocycles. The van der Waals surface area contributed by atoms with Crippen LogP contribution in [0.3, 0.4) is 0 Å². The van der Waals surface area contributed by atoms with Crippen LogP contribution in [0.2, 0.25) is 5.02 Å². The standard InChI is InChI=1S/C19H18ClF3N2S/c20-16-6-2-1-5-15(16)18(11-3-4-12-18)25-17(26)24-14-9-7-13(8-10-14)19(21,22)23/h1-2,5-10H,3-4,11-12H2,(H2,24,25,26). The number of anilines is 1. The maximum atomic E-state index is 12.7. The summed E-state index contributed by atoms with van der Waals surface area (Å²) in [5, 5.41) is 7.37. The number of alkyl halides is 3. The van der Waals surface area contributed by atoms with Gasteiger partial charge in [0.1, 0.15) is 0 Å². The lowest BCUT2D eigenvalue weighted by Crippen LogP contribution is -2.45. The summed E-state index contributed by atoms with van der Waals surface area (Å²) in [5.74, 6) is 0. The summed E-state index contributed by atoms with van der Waals surface area (Å²) in [6, 6.07) is 12.5. The van der Waals surface area contributed by atoms with Crippen molar-refractivity contribution in [2.24, 2.45) is 0 Å². The number of thiocarbonyl (C=S) groups is 1. The van der Waals surface area contributed by atoms with Crippen molar-refractivity contribution < 1.29 is 13.2 Å². The van der Waals surface area contributed by atoms with Crippen LogP contribution >= 0.6 is 23.8 Å². The molecule has 0 atom stereocenters. The van der Waals surface area contributed by atoms with E-state index < -0.39 is 11.7 Å². The molecule has 1 aliphatic rings. The molecule has 2 aromatic carbocycles. The van der Waals surface area contributed by atoms with E-state index in [1.165, 1.54) is 12.1 Å². The van der Waals surface area contributed by atoms with E-state index in [0.717, 1.165) is 43.4 Å². The Bertz CT molecular complexity index is 784. The summed E-state index contributed by atoms with van der Waals surface area (Å²) in [6.07, 6.45) is -0.450. The molecular weight excluding hydrogens is 381 g/mol. The van der Waals surface area contributed by atoms with Gasteiger partial charge in [-0.05, 0) is 61.0 Å². The molecular formula is C19H18ClF3N2S. The van der Waals surface area contributed by atoms with Crippen molar-refractivity contribution in [3.8, 4) is 0 Å². The fourth-order valence-corrected chi connectivity index (χ4v) is 4.04. The molecule has 0 heterocycles. The third kappa shape index (κ3) is 4.13. The normalized spacial score (nSPS) is 16.3. The summed E-state index contributed by atoms with van der Waals surface area (Å²) in [6.45, 7) is 0. The molecule has 0 aromatic heterocycles. The molecule has 2 nitrogen and oxygen atoms in total. The Morgan fingerprint density at radius 3 is 2.19 bits per heavy atom. The molecule has 1 saturated carbocycles. The smallest absolute Gasteiger partial charge is 0.353 e. The Morgan fingerprint density at radius 1 is 1.00 bits per heavy atom. The number of hydrogen-bond donors (Lipinski definition) is 2. The predicted octanol–water partition coefficient (Wildman–Crippen LogP) is 6.11. The van der Waals surface area contributed by atoms with Gasteiger partial charge in [-0.1, -0.05) is 42.6 Å². The average molecular weight is 399 g/mol. The first kappa shape index (κ1) is 19.0. The fourth-order valence-electron chi connectivity index (χ4n) is 3.41. The lowest BCUT2D eigenvalue weighted by molar-refractivity contribution is -0.137. The van der Waals surface area contributed by atoms with Crippen LogP contribution in [0.4, 0.5) is 18.9 Å². The molecule has 7 heteroatoms. The summed E-state index contributed by atoms with van der Waals surface area (Å²) < 4.78 is 38.0. The molecule has 0 spiro atoms. The molecule has 1 fully saturated rings. The van der Waals surface area contributed by atoms with Crippen LogP contribution in [0.25, 0.3) is 0 Å². The van der Waals surface area contributed by atoms with Crippen LogP contribution in [0, 0.1) is 0 Å². The van der Waals surface area contributed by atoms with Crippen molar-refractivity contribution in [2.45, 2.75) is 37.4 Å². The van der Waals surface area contributed by atoms with Gasteiger partial charge < -0.3 is 10.6 Å². The van der Waals surface area contributed by atoms with Crippen molar-refractivity contribution in [2.75, 3.05) is 5.32 Å². The van der Waals surface area contributed by atoms with Crippen molar-refractivity contribution in [3.05, 3.63) is 64.7 Å². The minimum absolute atomic E-state index is 0.353. The van der Waals surface area contributed by atoms with Crippen LogP contribution in [0.1, 0.15) is 36.8 Å². The second-order valence-electron chi connectivity index (χ2n) is 6.42. The van der Waals surface area contributed by atoms with E-state index in [0.29, 0.717) is 15.8 Å². The minimum atomic E-state index is -4.35. The molecule has 26 heavy (non-hydrogen) atoms. The van der Waals surface area contributed by atoms with Crippen LogP contribution in [-0.4, -0.2) is 5.11 Å². The van der Waals surface area contributed by atoms with Gasteiger partial charge in [0.2, 0.25) is 0 Å². The van der Waals surface area contributed by atoms with Gasteiger partial charge >= 0.3 is 6.18 Å². The summed E-state index contributed by atoms with van der Waals surface area (Å²) in [5.41, 5.74) is 0.456. The molecule has 0 unspecified atom stereocenters. The molecule has 2 aromatic rings. The zero-order chi connectivity index (χ0) is 18.8. The van der Waals surface area contributed by atoms with Gasteiger partial charge in [-0.3, -0.25) is 0 Å². The fraction of sp³-hybridized carbons (Fsp3) is 0.316. The topological polar surface area (TPSA) is 24.1 Å². The molecule has 0 amide bonds. The van der Waals surface area contributed by atoms with Crippen LogP contribution < -0.4 is 10.6 Å². The first-order valence-electron chi connectivity index (χ1n) is 8.32. The van der Waals surface area contributed by atoms with E-state index in [-0.39, 0.29) is 5.54 Å². The number of nitrogens with one attached hydrogen (secondary N) is 2. The summed E-state index contributed by atoms with van der Waals surface area (Å²) in [4.78, 5) is 0. The second-order valence-corrected chi connectivity index (χ2v) is 7.24. The van der Waals surface area contributed by atoms with Gasteiger partial charge in [-0.25, -0.2) is 0 Å². The first-order chi connectivity index (χ1) is 12.3. The molecule has 2 N–H and O–H groups in total. The van der Waals surface area contributed by atoms with Gasteiger partial charge in [-0.15, -0.1) is 0 Å². The van der Waals surface area contributed by atoms with Crippen LogP contribution in [0.15, 0.2) is 48.5 Å². The maximum Gasteiger partial charge on any atom is 0.416 e. The first-order valence-corrected chi connectivity index (χ1v) is 9.10. The SMILES string of the molecule is FC(F)(F)c1ccc(NC(=S)NC2(c3ccccc3Cl)CCCC2)cc1. The predicted molar refractivity (Wildman–Crippen MR) is 102 cm³/mol. The summed E-state index contributed by atoms with van der Waals surface area (Å²) in [7, 11) is 0. The Morgan fingerprint density at radius 2 is 1.62 bits per heavy atom. The lowest BCUT2D eigenvalue weighted by Gasteiger charge is -2.33. The zero-order valence-electron chi connectivity index (χ0n) is 13.9. The van der Waals surface area contributed by atoms with E-state index in [4.69, 9.17) is 23.8 Å². The second kappa shape index (κ2) is 7.45. The minimum Gasteiger partial charge on any atom is -0.353 e. The third-order valence-corrected chi connectivity index (χ3v) is 5.20. The highest BCUT2D eigenvalue weighted by Crippen LogP contribution is 2.41. The van der Waals surface area contributed by atoms with Crippen molar-refractivity contribution in [3.63, 3.8) is 0 Å². The third-order valence-electron chi connectivity index (χ3n) is 4.67. The lowest BCUT2D eigenvalue weighted by atomic mass is 9.88. The van der Waals surface area contributed by atoms with Crippen molar-refractivity contribution in [1.29, 1.82) is 0 Å². The molecule has 0 aliphatic heterocycles. The largest absolute Gasteiger partial charge is 0.416 e. The Balaban J connectivity index is 1.74. The van der Waals surface area contributed by atoms with Gasteiger partial charge in [-0.2, -0.15) is 13.2 Å². The monoisotopic (exact) mass is 398 g/mol. The molecule has 1 aliphatic carbocycles. The van der Waals surface area contributed by atoms with Crippen LogP contribution in [0.5, 0.6) is 0 Å². The summed E-state index contributed by atoms with van der Waals surface area (Å²) >= 11 is 11.8. The highest BCUT2D eigenvalue weighted by Gasteiger charge is 2.37. The molecule has 138 valence electrons.